The van der Waals surface area contributed by atoms with Gasteiger partial charge in [0.2, 0.25) is 0 Å². The zero-order valence-electron chi connectivity index (χ0n) is 9.08. The van der Waals surface area contributed by atoms with Crippen molar-refractivity contribution < 1.29 is 14.3 Å². The summed E-state index contributed by atoms with van der Waals surface area (Å²) in [6, 6.07) is -0.323. The second kappa shape index (κ2) is 5.94. The molecule has 0 aromatic carbocycles. The molecule has 1 amide bonds. The number of halogens is 3. The maximum atomic E-state index is 11.4. The van der Waals surface area contributed by atoms with Crippen LogP contribution in [-0.2, 0) is 14.3 Å². The number of rotatable bonds is 2. The van der Waals surface area contributed by atoms with Crippen molar-refractivity contribution in [2.45, 2.75) is 22.7 Å². The van der Waals surface area contributed by atoms with E-state index in [-0.39, 0.29) is 17.9 Å². The van der Waals surface area contributed by atoms with Gasteiger partial charge in [0.05, 0.1) is 13.0 Å². The molecule has 0 aromatic heterocycles. The van der Waals surface area contributed by atoms with Crippen LogP contribution in [0.1, 0.15) is 12.8 Å². The summed E-state index contributed by atoms with van der Waals surface area (Å²) >= 11 is 16.3. The molecule has 1 aliphatic carbocycles. The van der Waals surface area contributed by atoms with Gasteiger partial charge in [-0.2, -0.15) is 0 Å². The zero-order valence-corrected chi connectivity index (χ0v) is 11.4. The number of alkyl halides is 3. The van der Waals surface area contributed by atoms with Crippen LogP contribution in [0.25, 0.3) is 0 Å². The third-order valence-corrected chi connectivity index (χ3v) is 2.95. The van der Waals surface area contributed by atoms with Gasteiger partial charge in [0.25, 0.3) is 9.70 Å². The standard InChI is InChI=1S/C10H12Cl3NO3/c1-17-8(15)6-3-2-4-7(5-6)14-9(16)10(11,12)13/h2,4,6-7H,3,5H2,1H3,(H,14,16)/t6-,7+/m0/s1. The number of esters is 1. The van der Waals surface area contributed by atoms with E-state index in [1.165, 1.54) is 7.11 Å². The summed E-state index contributed by atoms with van der Waals surface area (Å²) in [5, 5.41) is 2.54. The highest BCUT2D eigenvalue weighted by molar-refractivity contribution is 6.76. The highest BCUT2D eigenvalue weighted by Gasteiger charge is 2.33. The van der Waals surface area contributed by atoms with Crippen molar-refractivity contribution in [2.24, 2.45) is 5.92 Å². The van der Waals surface area contributed by atoms with Crippen LogP contribution in [0.5, 0.6) is 0 Å². The molecular formula is C10H12Cl3NO3. The number of methoxy groups -OCH3 is 1. The molecule has 0 saturated heterocycles. The molecule has 96 valence electrons. The molecule has 0 aliphatic heterocycles. The molecule has 0 spiro atoms. The summed E-state index contributed by atoms with van der Waals surface area (Å²) in [6.07, 6.45) is 4.60. The molecule has 1 aliphatic rings. The van der Waals surface area contributed by atoms with E-state index < -0.39 is 9.70 Å². The molecule has 0 bridgehead atoms. The van der Waals surface area contributed by atoms with E-state index in [4.69, 9.17) is 34.8 Å². The predicted octanol–water partition coefficient (Wildman–Crippen LogP) is 1.98. The van der Waals surface area contributed by atoms with Crippen LogP contribution in [0.4, 0.5) is 0 Å². The van der Waals surface area contributed by atoms with E-state index in [0.717, 1.165) is 0 Å². The van der Waals surface area contributed by atoms with Crippen molar-refractivity contribution in [1.29, 1.82) is 0 Å². The fourth-order valence-electron chi connectivity index (χ4n) is 1.60. The number of hydrogen-bond acceptors (Lipinski definition) is 3. The Morgan fingerprint density at radius 1 is 1.41 bits per heavy atom. The first-order valence-electron chi connectivity index (χ1n) is 4.96. The van der Waals surface area contributed by atoms with Crippen LogP contribution in [0.2, 0.25) is 0 Å². The summed E-state index contributed by atoms with van der Waals surface area (Å²) in [6.45, 7) is 0. The van der Waals surface area contributed by atoms with E-state index in [9.17, 15) is 9.59 Å². The van der Waals surface area contributed by atoms with E-state index in [1.54, 1.807) is 12.2 Å². The van der Waals surface area contributed by atoms with Crippen molar-refractivity contribution in [3.05, 3.63) is 12.2 Å². The van der Waals surface area contributed by atoms with Gasteiger partial charge in [-0.05, 0) is 12.8 Å². The summed E-state index contributed by atoms with van der Waals surface area (Å²) in [4.78, 5) is 22.8. The Morgan fingerprint density at radius 2 is 2.06 bits per heavy atom. The number of nitrogens with one attached hydrogen (secondary N) is 1. The van der Waals surface area contributed by atoms with Gasteiger partial charge in [0.1, 0.15) is 0 Å². The van der Waals surface area contributed by atoms with E-state index in [0.29, 0.717) is 12.8 Å². The van der Waals surface area contributed by atoms with Gasteiger partial charge in [-0.25, -0.2) is 0 Å². The highest BCUT2D eigenvalue weighted by atomic mass is 35.6. The quantitative estimate of drug-likeness (QED) is 0.482. The normalized spacial score (nSPS) is 24.2. The minimum atomic E-state index is -1.99. The van der Waals surface area contributed by atoms with Crippen LogP contribution in [0.3, 0.4) is 0 Å². The number of carbonyl (C=O) groups is 2. The molecule has 0 saturated carbocycles. The topological polar surface area (TPSA) is 55.4 Å². The molecule has 17 heavy (non-hydrogen) atoms. The first-order chi connectivity index (χ1) is 7.84. The zero-order chi connectivity index (χ0) is 13.1. The first kappa shape index (κ1) is 14.6. The summed E-state index contributed by atoms with van der Waals surface area (Å²) in [5.74, 6) is -1.28. The average molecular weight is 301 g/mol. The first-order valence-corrected chi connectivity index (χ1v) is 6.10. The number of allylic oxidation sites excluding steroid dienone is 1. The minimum absolute atomic E-state index is 0.273. The lowest BCUT2D eigenvalue weighted by molar-refractivity contribution is -0.146. The summed E-state index contributed by atoms with van der Waals surface area (Å²) < 4.78 is 2.65. The molecule has 0 heterocycles. The lowest BCUT2D eigenvalue weighted by atomic mass is 9.91. The number of hydrogen-bond donors (Lipinski definition) is 1. The van der Waals surface area contributed by atoms with E-state index in [2.05, 4.69) is 10.1 Å². The van der Waals surface area contributed by atoms with Crippen molar-refractivity contribution in [3.63, 3.8) is 0 Å². The molecule has 0 fully saturated rings. The monoisotopic (exact) mass is 299 g/mol. The van der Waals surface area contributed by atoms with Crippen LogP contribution in [-0.4, -0.2) is 28.8 Å². The van der Waals surface area contributed by atoms with Crippen molar-refractivity contribution in [2.75, 3.05) is 7.11 Å². The third kappa shape index (κ3) is 4.37. The maximum Gasteiger partial charge on any atom is 0.309 e. The summed E-state index contributed by atoms with van der Waals surface area (Å²) in [7, 11) is 1.33. The third-order valence-electron chi connectivity index (χ3n) is 2.44. The fraction of sp³-hybridized carbons (Fsp3) is 0.600. The van der Waals surface area contributed by atoms with Crippen LogP contribution in [0, 0.1) is 5.92 Å². The van der Waals surface area contributed by atoms with Gasteiger partial charge >= 0.3 is 5.97 Å². The maximum absolute atomic E-state index is 11.4. The highest BCUT2D eigenvalue weighted by Crippen LogP contribution is 2.27. The van der Waals surface area contributed by atoms with Crippen LogP contribution >= 0.6 is 34.8 Å². The molecule has 1 rings (SSSR count). The number of amides is 1. The van der Waals surface area contributed by atoms with E-state index >= 15 is 0 Å². The summed E-state index contributed by atoms with van der Waals surface area (Å²) in [5.41, 5.74) is 0. The van der Waals surface area contributed by atoms with Crippen molar-refractivity contribution in [3.8, 4) is 0 Å². The molecule has 0 aromatic rings. The number of ether oxygens (including phenoxy) is 1. The average Bonchev–Trinajstić information content (AvgIpc) is 2.27. The molecule has 4 nitrogen and oxygen atoms in total. The molecule has 0 radical (unpaired) electrons. The minimum Gasteiger partial charge on any atom is -0.469 e. The smallest absolute Gasteiger partial charge is 0.309 e. The van der Waals surface area contributed by atoms with Gasteiger partial charge in [-0.15, -0.1) is 0 Å². The Morgan fingerprint density at radius 3 is 2.59 bits per heavy atom. The Labute approximate surface area is 114 Å². The Kier molecular flexibility index (Phi) is 5.10. The van der Waals surface area contributed by atoms with Crippen LogP contribution in [0.15, 0.2) is 12.2 Å². The predicted molar refractivity (Wildman–Crippen MR) is 66.1 cm³/mol. The lowest BCUT2D eigenvalue weighted by Crippen LogP contribution is -2.43. The number of carbonyl (C=O) groups excluding carboxylic acids is 2. The van der Waals surface area contributed by atoms with Gasteiger partial charge in [-0.3, -0.25) is 9.59 Å². The Hall–Kier alpha value is -0.450. The van der Waals surface area contributed by atoms with Gasteiger partial charge in [-0.1, -0.05) is 47.0 Å². The second-order valence-electron chi connectivity index (χ2n) is 3.70. The van der Waals surface area contributed by atoms with Gasteiger partial charge in [0.15, 0.2) is 0 Å². The van der Waals surface area contributed by atoms with Gasteiger partial charge < -0.3 is 10.1 Å². The van der Waals surface area contributed by atoms with Crippen molar-refractivity contribution in [1.82, 2.24) is 5.32 Å². The molecule has 1 N–H and O–H groups in total. The van der Waals surface area contributed by atoms with Crippen LogP contribution < -0.4 is 5.32 Å². The Balaban J connectivity index is 2.57. The molecular weight excluding hydrogens is 288 g/mol. The second-order valence-corrected chi connectivity index (χ2v) is 5.98. The van der Waals surface area contributed by atoms with Gasteiger partial charge in [0, 0.05) is 6.04 Å². The fourth-order valence-corrected chi connectivity index (χ4v) is 1.77. The molecule has 7 heteroatoms. The van der Waals surface area contributed by atoms with Crippen molar-refractivity contribution >= 4 is 46.7 Å². The molecule has 2 atom stereocenters. The molecule has 0 unspecified atom stereocenters. The van der Waals surface area contributed by atoms with E-state index in [1.807, 2.05) is 0 Å². The Bertz CT molecular complexity index is 338. The SMILES string of the molecule is COC(=O)[C@H]1CC=C[C@@H](NC(=O)C(Cl)(Cl)Cl)C1. The largest absolute Gasteiger partial charge is 0.469 e. The lowest BCUT2D eigenvalue weighted by Gasteiger charge is -2.25.